The van der Waals surface area contributed by atoms with Gasteiger partial charge in [-0.2, -0.15) is 0 Å². The Morgan fingerprint density at radius 3 is 2.30 bits per heavy atom. The Kier molecular flexibility index (Phi) is 10.9. The van der Waals surface area contributed by atoms with E-state index in [-0.39, 0.29) is 12.3 Å². The van der Waals surface area contributed by atoms with Crippen LogP contribution in [0.5, 0.6) is 5.75 Å². The van der Waals surface area contributed by atoms with Crippen molar-refractivity contribution >= 4 is 23.7 Å². The van der Waals surface area contributed by atoms with Gasteiger partial charge in [0.05, 0.1) is 24.1 Å². The van der Waals surface area contributed by atoms with Gasteiger partial charge in [-0.15, -0.1) is 0 Å². The van der Waals surface area contributed by atoms with Crippen LogP contribution in [-0.2, 0) is 25.5 Å². The first-order valence-electron chi connectivity index (χ1n) is 13.8. The SMILES string of the molecule is Cc1c(F)c(F)c(F)c(F)c1C[C@@H]1NC(=O)[C@@H](NC(=O)c2ncccc2O)[C@@H](C)NC(=O)C(CC(C)C)OC(=O)[C@H](C)[C@@H]1O. The normalized spacial score (nSPS) is 24.9. The molecule has 1 aliphatic heterocycles. The minimum atomic E-state index is -2.11. The van der Waals surface area contributed by atoms with Crippen LogP contribution in [-0.4, -0.2) is 69.2 Å². The summed E-state index contributed by atoms with van der Waals surface area (Å²) in [6, 6.07) is -2.00. The molecular weight excluding hydrogens is 592 g/mol. The van der Waals surface area contributed by atoms with Crippen molar-refractivity contribution in [1.29, 1.82) is 0 Å². The highest BCUT2D eigenvalue weighted by atomic mass is 19.2. The summed E-state index contributed by atoms with van der Waals surface area (Å²) in [4.78, 5) is 56.6. The molecule has 1 unspecified atom stereocenters. The average molecular weight is 627 g/mol. The predicted molar refractivity (Wildman–Crippen MR) is 146 cm³/mol. The van der Waals surface area contributed by atoms with Gasteiger partial charge < -0.3 is 30.9 Å². The maximum Gasteiger partial charge on any atom is 0.312 e. The minimum Gasteiger partial charge on any atom is -0.505 e. The minimum absolute atomic E-state index is 0.0418. The second kappa shape index (κ2) is 14.0. The molecule has 0 bridgehead atoms. The van der Waals surface area contributed by atoms with E-state index in [9.17, 15) is 47.0 Å². The summed E-state index contributed by atoms with van der Waals surface area (Å²) < 4.78 is 62.6. The number of amides is 3. The summed E-state index contributed by atoms with van der Waals surface area (Å²) in [6.07, 6.45) is -2.85. The van der Waals surface area contributed by atoms with E-state index in [0.717, 1.165) is 6.92 Å². The van der Waals surface area contributed by atoms with Gasteiger partial charge >= 0.3 is 5.97 Å². The van der Waals surface area contributed by atoms with Crippen LogP contribution in [0.3, 0.4) is 0 Å². The van der Waals surface area contributed by atoms with E-state index in [1.54, 1.807) is 13.8 Å². The molecule has 240 valence electrons. The summed E-state index contributed by atoms with van der Waals surface area (Å²) in [5.41, 5.74) is -1.83. The number of cyclic esters (lactones) is 1. The number of nitrogens with one attached hydrogen (secondary N) is 3. The molecule has 0 spiro atoms. The Balaban J connectivity index is 2.10. The van der Waals surface area contributed by atoms with Crippen LogP contribution in [0.25, 0.3) is 0 Å². The van der Waals surface area contributed by atoms with Crippen molar-refractivity contribution in [2.24, 2.45) is 11.8 Å². The average Bonchev–Trinajstić information content (AvgIpc) is 2.97. The van der Waals surface area contributed by atoms with E-state index in [1.807, 2.05) is 0 Å². The zero-order valence-electron chi connectivity index (χ0n) is 24.6. The highest BCUT2D eigenvalue weighted by molar-refractivity contribution is 5.98. The lowest BCUT2D eigenvalue weighted by molar-refractivity contribution is -0.164. The number of halogens is 4. The predicted octanol–water partition coefficient (Wildman–Crippen LogP) is 1.95. The molecule has 0 saturated carbocycles. The molecule has 3 rings (SSSR count). The van der Waals surface area contributed by atoms with E-state index < -0.39 is 112 Å². The Labute approximate surface area is 250 Å². The van der Waals surface area contributed by atoms with Crippen molar-refractivity contribution in [3.05, 3.63) is 58.4 Å². The Morgan fingerprint density at radius 1 is 1.05 bits per heavy atom. The van der Waals surface area contributed by atoms with E-state index >= 15 is 0 Å². The lowest BCUT2D eigenvalue weighted by atomic mass is 9.90. The van der Waals surface area contributed by atoms with Crippen molar-refractivity contribution in [3.8, 4) is 5.75 Å². The van der Waals surface area contributed by atoms with Crippen molar-refractivity contribution in [1.82, 2.24) is 20.9 Å². The highest BCUT2D eigenvalue weighted by Crippen LogP contribution is 2.27. The van der Waals surface area contributed by atoms with Crippen LogP contribution in [0.15, 0.2) is 18.3 Å². The van der Waals surface area contributed by atoms with Gasteiger partial charge in [0, 0.05) is 6.20 Å². The quantitative estimate of drug-likeness (QED) is 0.140. The van der Waals surface area contributed by atoms with E-state index in [0.29, 0.717) is 0 Å². The topological polar surface area (TPSA) is 167 Å². The number of rotatable bonds is 6. The number of aliphatic hydroxyl groups excluding tert-OH is 1. The first-order chi connectivity index (χ1) is 20.5. The van der Waals surface area contributed by atoms with Crippen LogP contribution in [0.1, 0.15) is 55.7 Å². The van der Waals surface area contributed by atoms with Crippen molar-refractivity contribution < 1.29 is 51.7 Å². The second-order valence-electron chi connectivity index (χ2n) is 11.1. The van der Waals surface area contributed by atoms with Crippen LogP contribution < -0.4 is 16.0 Å². The molecule has 6 atom stereocenters. The largest absolute Gasteiger partial charge is 0.505 e. The lowest BCUT2D eigenvalue weighted by Gasteiger charge is -2.34. The van der Waals surface area contributed by atoms with Gasteiger partial charge in [-0.25, -0.2) is 22.5 Å². The highest BCUT2D eigenvalue weighted by Gasteiger charge is 2.40. The molecule has 0 radical (unpaired) electrons. The third kappa shape index (κ3) is 7.44. The van der Waals surface area contributed by atoms with Gasteiger partial charge in [-0.1, -0.05) is 13.8 Å². The molecule has 5 N–H and O–H groups in total. The molecule has 1 aromatic heterocycles. The number of carbonyl (C=O) groups is 4. The molecule has 2 heterocycles. The number of ether oxygens (including phenoxy) is 1. The van der Waals surface area contributed by atoms with Gasteiger partial charge in [-0.05, 0) is 62.8 Å². The Bertz CT molecular complexity index is 1410. The first-order valence-corrected chi connectivity index (χ1v) is 13.8. The van der Waals surface area contributed by atoms with Gasteiger partial charge in [0.25, 0.3) is 11.8 Å². The van der Waals surface area contributed by atoms with Crippen molar-refractivity contribution in [2.45, 2.75) is 77.8 Å². The number of hydrogen-bond donors (Lipinski definition) is 5. The molecular formula is C29H34F4N4O7. The summed E-state index contributed by atoms with van der Waals surface area (Å²) in [6.45, 7) is 7.01. The number of nitrogens with zero attached hydrogens (tertiary/aromatic N) is 1. The summed E-state index contributed by atoms with van der Waals surface area (Å²) >= 11 is 0. The molecule has 0 aliphatic carbocycles. The van der Waals surface area contributed by atoms with Crippen LogP contribution in [0.4, 0.5) is 17.6 Å². The molecule has 1 fully saturated rings. The number of benzene rings is 1. The smallest absolute Gasteiger partial charge is 0.312 e. The third-order valence-corrected chi connectivity index (χ3v) is 7.35. The molecule has 3 amide bonds. The molecule has 1 aliphatic rings. The molecule has 15 heteroatoms. The molecule has 2 aromatic rings. The van der Waals surface area contributed by atoms with E-state index in [2.05, 4.69) is 20.9 Å². The monoisotopic (exact) mass is 626 g/mol. The maximum absolute atomic E-state index is 14.9. The van der Waals surface area contributed by atoms with E-state index in [4.69, 9.17) is 4.74 Å². The zero-order valence-corrected chi connectivity index (χ0v) is 24.6. The lowest BCUT2D eigenvalue weighted by Crippen LogP contribution is -2.62. The summed E-state index contributed by atoms with van der Waals surface area (Å²) in [5, 5.41) is 28.5. The fraction of sp³-hybridized carbons (Fsp3) is 0.483. The van der Waals surface area contributed by atoms with Gasteiger partial charge in [0.15, 0.2) is 35.1 Å². The number of pyridine rings is 1. The number of aromatic nitrogens is 1. The van der Waals surface area contributed by atoms with Gasteiger partial charge in [0.1, 0.15) is 11.8 Å². The molecule has 11 nitrogen and oxygen atoms in total. The molecule has 1 saturated heterocycles. The van der Waals surface area contributed by atoms with Gasteiger partial charge in [0.2, 0.25) is 5.91 Å². The number of aromatic hydroxyl groups is 1. The fourth-order valence-corrected chi connectivity index (χ4v) is 4.75. The van der Waals surface area contributed by atoms with Crippen molar-refractivity contribution in [3.63, 3.8) is 0 Å². The maximum atomic E-state index is 14.9. The summed E-state index contributed by atoms with van der Waals surface area (Å²) in [7, 11) is 0. The number of carbonyl (C=O) groups excluding carboxylic acids is 4. The van der Waals surface area contributed by atoms with Crippen LogP contribution >= 0.6 is 0 Å². The van der Waals surface area contributed by atoms with Crippen LogP contribution in [0.2, 0.25) is 0 Å². The fourth-order valence-electron chi connectivity index (χ4n) is 4.75. The Hall–Kier alpha value is -4.27. The number of aliphatic hydroxyl groups is 1. The molecule has 44 heavy (non-hydrogen) atoms. The van der Waals surface area contributed by atoms with Crippen molar-refractivity contribution in [2.75, 3.05) is 0 Å². The number of esters is 1. The summed E-state index contributed by atoms with van der Waals surface area (Å²) in [5.74, 6) is -13.7. The zero-order chi connectivity index (χ0) is 33.0. The molecule has 1 aromatic carbocycles. The Morgan fingerprint density at radius 2 is 1.68 bits per heavy atom. The van der Waals surface area contributed by atoms with E-state index in [1.165, 1.54) is 32.2 Å². The van der Waals surface area contributed by atoms with Gasteiger partial charge in [-0.3, -0.25) is 19.2 Å². The number of hydrogen-bond acceptors (Lipinski definition) is 8. The van der Waals surface area contributed by atoms with Crippen LogP contribution in [0, 0.1) is 42.0 Å². The second-order valence-corrected chi connectivity index (χ2v) is 11.1. The first kappa shape index (κ1) is 34.2. The standard InChI is InChI=1S/C29H34F4N4O7/c1-11(2)9-18-26(40)35-14(5)23(37-28(42)24-17(38)7-6-8-34-24)27(41)36-16(25(39)13(4)29(43)44-18)10-15-12(3)19(30)21(32)22(33)20(15)31/h6-8,11,13-14,16,18,23,25,38-39H,9-10H2,1-5H3,(H,35,40)(H,36,41)(H,37,42)/t13-,14-,16+,18?,23+,25+/m1/s1. The third-order valence-electron chi connectivity index (χ3n) is 7.35.